The fourth-order valence-electron chi connectivity index (χ4n) is 1.65. The molecule has 9 heteroatoms. The van der Waals surface area contributed by atoms with Crippen molar-refractivity contribution in [3.05, 3.63) is 15.0 Å². The summed E-state index contributed by atoms with van der Waals surface area (Å²) >= 11 is 1.91. The molecule has 1 fully saturated rings. The number of carboxylic acid groups (broad SMARTS) is 1. The Balaban J connectivity index is 2.15. The van der Waals surface area contributed by atoms with E-state index in [0.717, 1.165) is 6.26 Å². The predicted molar refractivity (Wildman–Crippen MR) is 67.4 cm³/mol. The third kappa shape index (κ3) is 2.31. The van der Waals surface area contributed by atoms with Gasteiger partial charge < -0.3 is 5.11 Å². The van der Waals surface area contributed by atoms with Crippen LogP contribution in [0.5, 0.6) is 0 Å². The second kappa shape index (κ2) is 4.21. The molecule has 2 heterocycles. The minimum absolute atomic E-state index is 0.00257. The molecular formula is C8H10IN3O4S. The molecule has 1 aromatic rings. The van der Waals surface area contributed by atoms with Gasteiger partial charge in [0.1, 0.15) is 0 Å². The number of sulfonamides is 1. The number of aromatic carboxylic acids is 1. The Bertz CT molecular complexity index is 561. The van der Waals surface area contributed by atoms with Gasteiger partial charge in [-0.1, -0.05) is 0 Å². The van der Waals surface area contributed by atoms with E-state index in [1.165, 1.54) is 4.31 Å². The van der Waals surface area contributed by atoms with Gasteiger partial charge in [-0.25, -0.2) is 17.5 Å². The molecule has 17 heavy (non-hydrogen) atoms. The number of halogens is 1. The van der Waals surface area contributed by atoms with Gasteiger partial charge in [-0.05, 0) is 22.6 Å². The van der Waals surface area contributed by atoms with Gasteiger partial charge in [-0.2, -0.15) is 5.10 Å². The number of carboxylic acids is 1. The van der Waals surface area contributed by atoms with Crippen LogP contribution in [-0.4, -0.2) is 53.3 Å². The predicted octanol–water partition coefficient (Wildman–Crippen LogP) is 0.0713. The van der Waals surface area contributed by atoms with Crippen LogP contribution in [0.15, 0.2) is 0 Å². The van der Waals surface area contributed by atoms with E-state index in [1.54, 1.807) is 0 Å². The standard InChI is InChI=1S/C8H10IN3O4S/c1-17(15,16)12-2-4(3-12)6-5(9)7(8(13)14)11-10-6/h4H,2-3H2,1H3,(H,10,11)(H,13,14). The molecule has 0 spiro atoms. The van der Waals surface area contributed by atoms with Crippen LogP contribution in [0.2, 0.25) is 0 Å². The van der Waals surface area contributed by atoms with Gasteiger partial charge in [0.25, 0.3) is 0 Å². The lowest BCUT2D eigenvalue weighted by Crippen LogP contribution is -2.48. The first-order valence-electron chi connectivity index (χ1n) is 4.73. The van der Waals surface area contributed by atoms with Gasteiger partial charge in [-0.15, -0.1) is 0 Å². The minimum Gasteiger partial charge on any atom is -0.476 e. The maximum atomic E-state index is 11.2. The van der Waals surface area contributed by atoms with Crippen LogP contribution in [0.25, 0.3) is 0 Å². The van der Waals surface area contributed by atoms with Crippen molar-refractivity contribution < 1.29 is 18.3 Å². The number of aromatic nitrogens is 2. The monoisotopic (exact) mass is 371 g/mol. The van der Waals surface area contributed by atoms with Crippen LogP contribution >= 0.6 is 22.6 Å². The first-order chi connectivity index (χ1) is 7.80. The van der Waals surface area contributed by atoms with Crippen molar-refractivity contribution in [3.63, 3.8) is 0 Å². The molecule has 1 aliphatic rings. The summed E-state index contributed by atoms with van der Waals surface area (Å²) in [5.74, 6) is -1.09. The fourth-order valence-corrected chi connectivity index (χ4v) is 3.46. The smallest absolute Gasteiger partial charge is 0.357 e. The molecule has 0 radical (unpaired) electrons. The summed E-state index contributed by atoms with van der Waals surface area (Å²) < 4.78 is 24.3. The maximum absolute atomic E-state index is 11.2. The van der Waals surface area contributed by atoms with Gasteiger partial charge in [0.05, 0.1) is 15.5 Å². The minimum atomic E-state index is -3.15. The van der Waals surface area contributed by atoms with Crippen molar-refractivity contribution in [3.8, 4) is 0 Å². The summed E-state index contributed by atoms with van der Waals surface area (Å²) in [5.41, 5.74) is 0.682. The average molecular weight is 371 g/mol. The van der Waals surface area contributed by atoms with Crippen molar-refractivity contribution in [1.82, 2.24) is 14.5 Å². The van der Waals surface area contributed by atoms with Crippen LogP contribution < -0.4 is 0 Å². The largest absolute Gasteiger partial charge is 0.476 e. The van der Waals surface area contributed by atoms with E-state index >= 15 is 0 Å². The first-order valence-corrected chi connectivity index (χ1v) is 7.65. The number of rotatable bonds is 3. The SMILES string of the molecule is CS(=O)(=O)N1CC(c2[nH]nc(C(=O)O)c2I)C1. The molecule has 1 saturated heterocycles. The lowest BCUT2D eigenvalue weighted by atomic mass is 9.99. The highest BCUT2D eigenvalue weighted by Gasteiger charge is 2.37. The van der Waals surface area contributed by atoms with Crippen LogP contribution in [0, 0.1) is 3.57 Å². The third-order valence-corrected chi connectivity index (χ3v) is 4.99. The molecule has 0 saturated carbocycles. The van der Waals surface area contributed by atoms with E-state index in [4.69, 9.17) is 5.11 Å². The Morgan fingerprint density at radius 1 is 1.59 bits per heavy atom. The normalized spacial score (nSPS) is 18.0. The summed E-state index contributed by atoms with van der Waals surface area (Å²) in [4.78, 5) is 10.8. The molecule has 7 nitrogen and oxygen atoms in total. The van der Waals surface area contributed by atoms with Gasteiger partial charge in [0.15, 0.2) is 5.69 Å². The van der Waals surface area contributed by atoms with Gasteiger partial charge >= 0.3 is 5.97 Å². The molecular weight excluding hydrogens is 361 g/mol. The van der Waals surface area contributed by atoms with Crippen molar-refractivity contribution in [2.24, 2.45) is 0 Å². The second-order valence-corrected chi connectivity index (χ2v) is 6.94. The summed E-state index contributed by atoms with van der Waals surface area (Å²) in [5, 5.41) is 15.2. The number of hydrogen-bond donors (Lipinski definition) is 2. The van der Waals surface area contributed by atoms with Crippen molar-refractivity contribution in [2.45, 2.75) is 5.92 Å². The second-order valence-electron chi connectivity index (χ2n) is 3.88. The summed E-state index contributed by atoms with van der Waals surface area (Å²) in [6, 6.07) is 0. The quantitative estimate of drug-likeness (QED) is 0.732. The maximum Gasteiger partial charge on any atom is 0.357 e. The zero-order chi connectivity index (χ0) is 12.8. The Hall–Kier alpha value is -0.680. The number of carbonyl (C=O) groups is 1. The molecule has 1 aromatic heterocycles. The van der Waals surface area contributed by atoms with Crippen molar-refractivity contribution >= 4 is 38.6 Å². The van der Waals surface area contributed by atoms with Crippen LogP contribution in [0.4, 0.5) is 0 Å². The summed E-state index contributed by atoms with van der Waals surface area (Å²) in [6.45, 7) is 0.742. The topological polar surface area (TPSA) is 103 Å². The Labute approximate surface area is 111 Å². The lowest BCUT2D eigenvalue weighted by molar-refractivity contribution is 0.0689. The Morgan fingerprint density at radius 2 is 2.18 bits per heavy atom. The Kier molecular flexibility index (Phi) is 3.16. The van der Waals surface area contributed by atoms with Crippen LogP contribution in [0.1, 0.15) is 22.1 Å². The van der Waals surface area contributed by atoms with E-state index in [0.29, 0.717) is 22.4 Å². The van der Waals surface area contributed by atoms with Gasteiger partial charge in [0, 0.05) is 19.0 Å². The van der Waals surface area contributed by atoms with E-state index in [-0.39, 0.29) is 11.6 Å². The number of H-pyrrole nitrogens is 1. The van der Waals surface area contributed by atoms with Gasteiger partial charge in [0.2, 0.25) is 10.0 Å². The van der Waals surface area contributed by atoms with E-state index < -0.39 is 16.0 Å². The zero-order valence-corrected chi connectivity index (χ0v) is 11.8. The molecule has 0 unspecified atom stereocenters. The molecule has 2 rings (SSSR count). The third-order valence-electron chi connectivity index (χ3n) is 2.66. The molecule has 0 atom stereocenters. The number of aromatic amines is 1. The fraction of sp³-hybridized carbons (Fsp3) is 0.500. The molecule has 94 valence electrons. The number of nitrogens with zero attached hydrogens (tertiary/aromatic N) is 2. The van der Waals surface area contributed by atoms with Crippen LogP contribution in [-0.2, 0) is 10.0 Å². The molecule has 0 bridgehead atoms. The Morgan fingerprint density at radius 3 is 2.59 bits per heavy atom. The molecule has 1 aliphatic heterocycles. The van der Waals surface area contributed by atoms with Crippen molar-refractivity contribution in [2.75, 3.05) is 19.3 Å². The molecule has 0 aromatic carbocycles. The number of nitrogens with one attached hydrogen (secondary N) is 1. The molecule has 0 aliphatic carbocycles. The first kappa shape index (κ1) is 12.8. The van der Waals surface area contributed by atoms with Crippen LogP contribution in [0.3, 0.4) is 0 Å². The zero-order valence-electron chi connectivity index (χ0n) is 8.84. The molecule has 2 N–H and O–H groups in total. The summed E-state index contributed by atoms with van der Waals surface area (Å²) in [6.07, 6.45) is 1.16. The van der Waals surface area contributed by atoms with Crippen molar-refractivity contribution in [1.29, 1.82) is 0 Å². The van der Waals surface area contributed by atoms with E-state index in [9.17, 15) is 13.2 Å². The average Bonchev–Trinajstić information content (AvgIpc) is 2.43. The number of hydrogen-bond acceptors (Lipinski definition) is 4. The lowest BCUT2D eigenvalue weighted by Gasteiger charge is -2.36. The van der Waals surface area contributed by atoms with E-state index in [1.807, 2.05) is 22.6 Å². The highest BCUT2D eigenvalue weighted by molar-refractivity contribution is 14.1. The van der Waals surface area contributed by atoms with Gasteiger partial charge in [-0.3, -0.25) is 5.10 Å². The highest BCUT2D eigenvalue weighted by Crippen LogP contribution is 2.31. The van der Waals surface area contributed by atoms with E-state index in [2.05, 4.69) is 10.2 Å². The molecule has 0 amide bonds. The summed E-state index contributed by atoms with van der Waals surface area (Å²) in [7, 11) is -3.15. The highest BCUT2D eigenvalue weighted by atomic mass is 127.